The van der Waals surface area contributed by atoms with Crippen molar-refractivity contribution in [2.45, 2.75) is 58.8 Å². The number of rotatable bonds is 15. The highest BCUT2D eigenvalue weighted by molar-refractivity contribution is 4.53. The van der Waals surface area contributed by atoms with Gasteiger partial charge in [-0.2, -0.15) is 0 Å². The summed E-state index contributed by atoms with van der Waals surface area (Å²) < 4.78 is 0. The van der Waals surface area contributed by atoms with E-state index in [2.05, 4.69) is 29.8 Å². The fourth-order valence-electron chi connectivity index (χ4n) is 1.91. The molecule has 3 nitrogen and oxygen atoms in total. The Bertz CT molecular complexity index is 124. The first kappa shape index (κ1) is 17.9. The van der Waals surface area contributed by atoms with E-state index in [-0.39, 0.29) is 0 Å². The van der Waals surface area contributed by atoms with Gasteiger partial charge in [-0.3, -0.25) is 0 Å². The molecule has 0 radical (unpaired) electrons. The molecule has 0 aliphatic heterocycles. The van der Waals surface area contributed by atoms with E-state index in [4.69, 9.17) is 0 Å². The third kappa shape index (κ3) is 15.9. The molecule has 0 saturated carbocycles. The lowest BCUT2D eigenvalue weighted by Gasteiger charge is -2.06. The van der Waals surface area contributed by atoms with Crippen LogP contribution in [0.4, 0.5) is 0 Å². The van der Waals surface area contributed by atoms with Crippen molar-refractivity contribution in [3.8, 4) is 0 Å². The average Bonchev–Trinajstić information content (AvgIpc) is 2.39. The number of unbranched alkanes of at least 4 members (excludes halogenated alkanes) is 4. The zero-order valence-corrected chi connectivity index (χ0v) is 12.7. The molecule has 0 aromatic heterocycles. The summed E-state index contributed by atoms with van der Waals surface area (Å²) in [5.41, 5.74) is 0. The number of nitrogens with one attached hydrogen (secondary N) is 3. The molecule has 0 bridgehead atoms. The van der Waals surface area contributed by atoms with Gasteiger partial charge < -0.3 is 16.0 Å². The predicted octanol–water partition coefficient (Wildman–Crippen LogP) is 2.53. The Kier molecular flexibility index (Phi) is 16.8. The number of hydrogen-bond acceptors (Lipinski definition) is 3. The predicted molar refractivity (Wildman–Crippen MR) is 82.3 cm³/mol. The molecule has 0 aliphatic rings. The standard InChI is InChI=1S/C15H35N3/c1-3-5-11-17-13-7-6-8-14-18-15-10-9-12-16-4-2/h16-18H,3-15H2,1-2H3. The van der Waals surface area contributed by atoms with Crippen molar-refractivity contribution < 1.29 is 0 Å². The smallest absolute Gasteiger partial charge is 0.00484 e. The van der Waals surface area contributed by atoms with Gasteiger partial charge in [0.25, 0.3) is 0 Å². The number of hydrogen-bond donors (Lipinski definition) is 3. The molecule has 0 aromatic carbocycles. The molecular weight excluding hydrogens is 222 g/mol. The molecule has 3 heteroatoms. The van der Waals surface area contributed by atoms with Crippen LogP contribution in [0.1, 0.15) is 58.8 Å². The van der Waals surface area contributed by atoms with Gasteiger partial charge in [-0.25, -0.2) is 0 Å². The van der Waals surface area contributed by atoms with Crippen LogP contribution >= 0.6 is 0 Å². The van der Waals surface area contributed by atoms with E-state index in [1.165, 1.54) is 77.7 Å². The minimum Gasteiger partial charge on any atom is -0.317 e. The first-order chi connectivity index (χ1) is 8.91. The van der Waals surface area contributed by atoms with Gasteiger partial charge in [0.2, 0.25) is 0 Å². The SMILES string of the molecule is CCCCNCCCCCNCCCCNCC. The lowest BCUT2D eigenvalue weighted by molar-refractivity contribution is 0.548. The van der Waals surface area contributed by atoms with Crippen molar-refractivity contribution in [3.63, 3.8) is 0 Å². The second-order valence-corrected chi connectivity index (χ2v) is 4.97. The molecule has 110 valence electrons. The molecular formula is C15H35N3. The Morgan fingerprint density at radius 2 is 0.944 bits per heavy atom. The van der Waals surface area contributed by atoms with Crippen molar-refractivity contribution >= 4 is 0 Å². The molecule has 0 saturated heterocycles. The minimum absolute atomic E-state index is 1.10. The molecule has 0 aliphatic carbocycles. The summed E-state index contributed by atoms with van der Waals surface area (Å²) in [6, 6.07) is 0. The van der Waals surface area contributed by atoms with Crippen LogP contribution in [-0.2, 0) is 0 Å². The highest BCUT2D eigenvalue weighted by Gasteiger charge is 1.91. The van der Waals surface area contributed by atoms with E-state index in [0.29, 0.717) is 0 Å². The van der Waals surface area contributed by atoms with Crippen LogP contribution in [-0.4, -0.2) is 39.3 Å². The Labute approximate surface area is 114 Å². The van der Waals surface area contributed by atoms with E-state index < -0.39 is 0 Å². The lowest BCUT2D eigenvalue weighted by Crippen LogP contribution is -2.20. The molecule has 0 rings (SSSR count). The van der Waals surface area contributed by atoms with E-state index >= 15 is 0 Å². The Morgan fingerprint density at radius 3 is 1.44 bits per heavy atom. The largest absolute Gasteiger partial charge is 0.317 e. The van der Waals surface area contributed by atoms with Crippen molar-refractivity contribution in [1.82, 2.24) is 16.0 Å². The van der Waals surface area contributed by atoms with Crippen LogP contribution in [0.25, 0.3) is 0 Å². The zero-order valence-electron chi connectivity index (χ0n) is 12.7. The molecule has 0 unspecified atom stereocenters. The van der Waals surface area contributed by atoms with Gasteiger partial charge in [-0.15, -0.1) is 0 Å². The van der Waals surface area contributed by atoms with Crippen molar-refractivity contribution in [1.29, 1.82) is 0 Å². The molecule has 18 heavy (non-hydrogen) atoms. The third-order valence-corrected chi connectivity index (χ3v) is 3.12. The summed E-state index contributed by atoms with van der Waals surface area (Å²) in [6.45, 7) is 11.4. The first-order valence-electron chi connectivity index (χ1n) is 8.04. The van der Waals surface area contributed by atoms with Gasteiger partial charge >= 0.3 is 0 Å². The maximum atomic E-state index is 3.53. The van der Waals surface area contributed by atoms with Crippen molar-refractivity contribution in [2.24, 2.45) is 0 Å². The molecule has 3 N–H and O–H groups in total. The molecule has 0 heterocycles. The summed E-state index contributed by atoms with van der Waals surface area (Å²) in [4.78, 5) is 0. The van der Waals surface area contributed by atoms with E-state index in [1.54, 1.807) is 0 Å². The van der Waals surface area contributed by atoms with Crippen molar-refractivity contribution in [3.05, 3.63) is 0 Å². The van der Waals surface area contributed by atoms with Crippen molar-refractivity contribution in [2.75, 3.05) is 39.3 Å². The Morgan fingerprint density at radius 1 is 0.500 bits per heavy atom. The molecule has 0 aromatic rings. The average molecular weight is 257 g/mol. The van der Waals surface area contributed by atoms with Gasteiger partial charge in [0.1, 0.15) is 0 Å². The summed E-state index contributed by atoms with van der Waals surface area (Å²) in [5, 5.41) is 10.4. The molecule has 0 amide bonds. The van der Waals surface area contributed by atoms with Crippen LogP contribution in [0.5, 0.6) is 0 Å². The molecule has 0 fully saturated rings. The summed E-state index contributed by atoms with van der Waals surface area (Å²) in [7, 11) is 0. The zero-order chi connectivity index (χ0) is 13.3. The van der Waals surface area contributed by atoms with E-state index in [0.717, 1.165) is 6.54 Å². The fraction of sp³-hybridized carbons (Fsp3) is 1.00. The monoisotopic (exact) mass is 257 g/mol. The fourth-order valence-corrected chi connectivity index (χ4v) is 1.91. The second-order valence-electron chi connectivity index (χ2n) is 4.97. The summed E-state index contributed by atoms with van der Waals surface area (Å²) >= 11 is 0. The van der Waals surface area contributed by atoms with Crippen LogP contribution in [0.3, 0.4) is 0 Å². The van der Waals surface area contributed by atoms with Gasteiger partial charge in [0, 0.05) is 0 Å². The second kappa shape index (κ2) is 16.9. The van der Waals surface area contributed by atoms with Crippen LogP contribution < -0.4 is 16.0 Å². The van der Waals surface area contributed by atoms with E-state index in [1.807, 2.05) is 0 Å². The quantitative estimate of drug-likeness (QED) is 0.395. The van der Waals surface area contributed by atoms with E-state index in [9.17, 15) is 0 Å². The third-order valence-electron chi connectivity index (χ3n) is 3.12. The molecule has 0 atom stereocenters. The first-order valence-corrected chi connectivity index (χ1v) is 8.04. The Hall–Kier alpha value is -0.120. The lowest BCUT2D eigenvalue weighted by atomic mass is 10.2. The molecule has 0 spiro atoms. The maximum absolute atomic E-state index is 3.53. The van der Waals surface area contributed by atoms with Gasteiger partial charge in [-0.05, 0) is 71.4 Å². The van der Waals surface area contributed by atoms with Gasteiger partial charge in [0.15, 0.2) is 0 Å². The maximum Gasteiger partial charge on any atom is -0.00484 e. The minimum atomic E-state index is 1.10. The van der Waals surface area contributed by atoms with Gasteiger partial charge in [-0.1, -0.05) is 26.7 Å². The van der Waals surface area contributed by atoms with Crippen LogP contribution in [0, 0.1) is 0 Å². The van der Waals surface area contributed by atoms with Crippen LogP contribution in [0.15, 0.2) is 0 Å². The highest BCUT2D eigenvalue weighted by Crippen LogP contribution is 1.93. The normalized spacial score (nSPS) is 11.0. The topological polar surface area (TPSA) is 36.1 Å². The van der Waals surface area contributed by atoms with Gasteiger partial charge in [0.05, 0.1) is 0 Å². The summed E-state index contributed by atoms with van der Waals surface area (Å²) in [6.07, 6.45) is 9.20. The highest BCUT2D eigenvalue weighted by atomic mass is 14.9. The summed E-state index contributed by atoms with van der Waals surface area (Å²) in [5.74, 6) is 0. The van der Waals surface area contributed by atoms with Crippen LogP contribution in [0.2, 0.25) is 0 Å². The Balaban J connectivity index is 2.86.